The number of carboxylic acid groups (broad SMARTS) is 5. The first-order chi connectivity index (χ1) is 16.0. The van der Waals surface area contributed by atoms with Crippen molar-refractivity contribution in [3.05, 3.63) is 24.3 Å². The van der Waals surface area contributed by atoms with Crippen molar-refractivity contribution < 1.29 is 49.5 Å². The molecule has 0 fully saturated rings. The number of fused-ring (bicyclic) bond motifs is 1. The van der Waals surface area contributed by atoms with E-state index in [1.165, 1.54) is 23.1 Å². The molecule has 0 aliphatic carbocycles. The van der Waals surface area contributed by atoms with Crippen molar-refractivity contribution in [3.8, 4) is 0 Å². The van der Waals surface area contributed by atoms with Gasteiger partial charge in [-0.05, 0) is 43.2 Å². The van der Waals surface area contributed by atoms with Crippen LogP contribution in [0.2, 0.25) is 0 Å². The van der Waals surface area contributed by atoms with E-state index in [1.54, 1.807) is 0 Å². The predicted octanol–water partition coefficient (Wildman–Crippen LogP) is 2.84. The van der Waals surface area contributed by atoms with Crippen LogP contribution >= 0.6 is 23.1 Å². The Morgan fingerprint density at radius 1 is 0.824 bits per heavy atom. The molecule has 0 saturated carbocycles. The van der Waals surface area contributed by atoms with Gasteiger partial charge in [0.15, 0.2) is 16.2 Å². The summed E-state index contributed by atoms with van der Waals surface area (Å²) < 4.78 is 1.55. The van der Waals surface area contributed by atoms with Gasteiger partial charge in [-0.3, -0.25) is 24.0 Å². The fourth-order valence-corrected chi connectivity index (χ4v) is 5.88. The van der Waals surface area contributed by atoms with Crippen LogP contribution in [0.5, 0.6) is 0 Å². The van der Waals surface area contributed by atoms with Crippen molar-refractivity contribution in [1.82, 2.24) is 4.98 Å². The zero-order valence-corrected chi connectivity index (χ0v) is 19.3. The quantitative estimate of drug-likeness (QED) is 0.172. The summed E-state index contributed by atoms with van der Waals surface area (Å²) in [5.41, 5.74) is 0.754. The predicted molar refractivity (Wildman–Crippen MR) is 121 cm³/mol. The zero-order chi connectivity index (χ0) is 25.4. The maximum absolute atomic E-state index is 11.5. The van der Waals surface area contributed by atoms with Gasteiger partial charge in [0.2, 0.25) is 0 Å². The number of benzene rings is 1. The molecule has 2 atom stereocenters. The smallest absolute Gasteiger partial charge is 0.317 e. The van der Waals surface area contributed by atoms with E-state index >= 15 is 0 Å². The Morgan fingerprint density at radius 3 is 1.94 bits per heavy atom. The Hall–Kier alpha value is -3.19. The number of thioether (sulfide) groups is 1. The van der Waals surface area contributed by atoms with Gasteiger partial charge in [-0.25, -0.2) is 4.98 Å². The van der Waals surface area contributed by atoms with Crippen molar-refractivity contribution in [2.75, 3.05) is 5.75 Å². The largest absolute Gasteiger partial charge is 0.481 e. The summed E-state index contributed by atoms with van der Waals surface area (Å²) >= 11 is 2.61. The minimum absolute atomic E-state index is 0.146. The van der Waals surface area contributed by atoms with Crippen LogP contribution in [0.3, 0.4) is 0 Å². The summed E-state index contributed by atoms with van der Waals surface area (Å²) in [6, 6.07) is 7.35. The molecule has 11 nitrogen and oxygen atoms in total. The Balaban J connectivity index is 2.28. The molecule has 184 valence electrons. The lowest BCUT2D eigenvalue weighted by molar-refractivity contribution is -0.158. The summed E-state index contributed by atoms with van der Waals surface area (Å²) in [7, 11) is 0. The number of carbonyl (C=O) groups is 5. The van der Waals surface area contributed by atoms with E-state index in [2.05, 4.69) is 4.98 Å². The minimum Gasteiger partial charge on any atom is -0.481 e. The molecule has 34 heavy (non-hydrogen) atoms. The van der Waals surface area contributed by atoms with Crippen LogP contribution in [-0.4, -0.2) is 66.1 Å². The lowest BCUT2D eigenvalue weighted by atomic mass is 9.79. The molecule has 1 aromatic heterocycles. The number of nitrogens with zero attached hydrogens (tertiary/aromatic N) is 1. The number of carboxylic acids is 5. The molecule has 0 amide bonds. The van der Waals surface area contributed by atoms with Gasteiger partial charge in [-0.2, -0.15) is 0 Å². The molecule has 2 aromatic rings. The number of hydrogen-bond acceptors (Lipinski definition) is 8. The molecule has 2 unspecified atom stereocenters. The monoisotopic (exact) mass is 513 g/mol. The van der Waals surface area contributed by atoms with E-state index < -0.39 is 72.8 Å². The van der Waals surface area contributed by atoms with Crippen molar-refractivity contribution in [1.29, 1.82) is 0 Å². The Labute approximate surface area is 201 Å². The zero-order valence-electron chi connectivity index (χ0n) is 17.7. The molecule has 1 heterocycles. The van der Waals surface area contributed by atoms with Gasteiger partial charge in [-0.1, -0.05) is 23.9 Å². The fraction of sp³-hybridized carbons (Fsp3) is 0.429. The van der Waals surface area contributed by atoms with Gasteiger partial charge < -0.3 is 25.5 Å². The SMILES string of the molecule is O=C(O)CC(CSc1nc2ccccc2s1)C(CCC(C(=O)O)C(=O)O)CC(C(=O)O)C(=O)O. The van der Waals surface area contributed by atoms with Crippen LogP contribution in [0, 0.1) is 23.7 Å². The van der Waals surface area contributed by atoms with Gasteiger partial charge in [0.25, 0.3) is 0 Å². The third-order valence-corrected chi connectivity index (χ3v) is 7.72. The number of thiazole rings is 1. The normalized spacial score (nSPS) is 13.1. The second kappa shape index (κ2) is 12.3. The second-order valence-electron chi connectivity index (χ2n) is 7.65. The molecular formula is C21H23NO10S2. The van der Waals surface area contributed by atoms with E-state index in [0.717, 1.165) is 10.2 Å². The molecular weight excluding hydrogens is 490 g/mol. The third kappa shape index (κ3) is 7.70. The first kappa shape index (κ1) is 27.1. The average molecular weight is 514 g/mol. The molecule has 0 bridgehead atoms. The molecule has 13 heteroatoms. The maximum atomic E-state index is 11.5. The number of rotatable bonds is 15. The standard InChI is InChI=1S/C21H23NO10S2/c23-16(24)8-11(9-33-21-22-14-3-1-2-4-15(14)34-21)10(7-13(19(29)30)20(31)32)5-6-12(17(25)26)18(27)28/h1-4,10-13H,5-9H2,(H,23,24)(H,25,26)(H,27,28)(H,29,30)(H,31,32). The molecule has 0 radical (unpaired) electrons. The van der Waals surface area contributed by atoms with Gasteiger partial charge in [0.1, 0.15) is 0 Å². The van der Waals surface area contributed by atoms with Gasteiger partial charge in [-0.15, -0.1) is 11.3 Å². The van der Waals surface area contributed by atoms with Crippen LogP contribution in [0.4, 0.5) is 0 Å². The van der Waals surface area contributed by atoms with E-state index in [1.807, 2.05) is 24.3 Å². The van der Waals surface area contributed by atoms with E-state index in [4.69, 9.17) is 10.2 Å². The molecule has 0 saturated heterocycles. The van der Waals surface area contributed by atoms with Crippen molar-refractivity contribution in [2.45, 2.75) is 30.0 Å². The van der Waals surface area contributed by atoms with E-state index in [9.17, 15) is 39.3 Å². The highest BCUT2D eigenvalue weighted by Crippen LogP contribution is 2.36. The third-order valence-electron chi connectivity index (χ3n) is 5.36. The summed E-state index contributed by atoms with van der Waals surface area (Å²) in [6.45, 7) is 0. The first-order valence-corrected chi connectivity index (χ1v) is 11.9. The number of hydrogen-bond donors (Lipinski definition) is 5. The molecule has 1 aromatic carbocycles. The Kier molecular flexibility index (Phi) is 9.81. The van der Waals surface area contributed by atoms with Gasteiger partial charge >= 0.3 is 29.8 Å². The van der Waals surface area contributed by atoms with Crippen molar-refractivity contribution in [3.63, 3.8) is 0 Å². The van der Waals surface area contributed by atoms with Crippen LogP contribution in [-0.2, 0) is 24.0 Å². The van der Waals surface area contributed by atoms with E-state index in [0.29, 0.717) is 4.34 Å². The van der Waals surface area contributed by atoms with Crippen molar-refractivity contribution >= 4 is 63.2 Å². The van der Waals surface area contributed by atoms with Crippen LogP contribution < -0.4 is 0 Å². The van der Waals surface area contributed by atoms with E-state index in [-0.39, 0.29) is 12.2 Å². The molecule has 0 spiro atoms. The fourth-order valence-electron chi connectivity index (χ4n) is 3.57. The van der Waals surface area contributed by atoms with Gasteiger partial charge in [0.05, 0.1) is 10.2 Å². The van der Waals surface area contributed by atoms with Crippen LogP contribution in [0.25, 0.3) is 10.2 Å². The number of aromatic nitrogens is 1. The number of aliphatic carboxylic acids is 5. The Bertz CT molecular complexity index is 1010. The molecule has 0 aliphatic heterocycles. The molecule has 2 rings (SSSR count). The summed E-state index contributed by atoms with van der Waals surface area (Å²) in [4.78, 5) is 61.4. The highest BCUT2D eigenvalue weighted by atomic mass is 32.2. The highest BCUT2D eigenvalue weighted by molar-refractivity contribution is 8.01. The highest BCUT2D eigenvalue weighted by Gasteiger charge is 2.36. The maximum Gasteiger partial charge on any atom is 0.317 e. The first-order valence-electron chi connectivity index (χ1n) is 10.1. The lowest BCUT2D eigenvalue weighted by Gasteiger charge is -2.27. The Morgan fingerprint density at radius 2 is 1.41 bits per heavy atom. The average Bonchev–Trinajstić information content (AvgIpc) is 3.15. The number of para-hydroxylation sites is 1. The van der Waals surface area contributed by atoms with Crippen LogP contribution in [0.15, 0.2) is 28.6 Å². The summed E-state index contributed by atoms with van der Waals surface area (Å²) in [6.07, 6.45) is -1.46. The second-order valence-corrected chi connectivity index (χ2v) is 9.95. The lowest BCUT2D eigenvalue weighted by Crippen LogP contribution is -2.32. The topological polar surface area (TPSA) is 199 Å². The molecule has 5 N–H and O–H groups in total. The summed E-state index contributed by atoms with van der Waals surface area (Å²) in [5, 5.41) is 46.3. The molecule has 0 aliphatic rings. The summed E-state index contributed by atoms with van der Waals surface area (Å²) in [5.74, 6) is -12.7. The van der Waals surface area contributed by atoms with Gasteiger partial charge in [0, 0.05) is 12.2 Å². The van der Waals surface area contributed by atoms with Crippen LogP contribution in [0.1, 0.15) is 25.7 Å². The van der Waals surface area contributed by atoms with Crippen molar-refractivity contribution in [2.24, 2.45) is 23.7 Å². The minimum atomic E-state index is -1.85.